The Labute approximate surface area is 105 Å². The second-order valence-electron chi connectivity index (χ2n) is 3.33. The SMILES string of the molecule is C=CC(=O)OC(CCS(=O)(=O)O)OC(=O)C(=C)C. The summed E-state index contributed by atoms with van der Waals surface area (Å²) in [5, 5.41) is 0. The predicted molar refractivity (Wildman–Crippen MR) is 62.0 cm³/mol. The van der Waals surface area contributed by atoms with Crippen LogP contribution in [0.1, 0.15) is 13.3 Å². The first-order chi connectivity index (χ1) is 8.15. The molecule has 0 aromatic carbocycles. The summed E-state index contributed by atoms with van der Waals surface area (Å²) >= 11 is 0. The summed E-state index contributed by atoms with van der Waals surface area (Å²) in [6, 6.07) is 0. The Morgan fingerprint density at radius 3 is 2.33 bits per heavy atom. The molecule has 0 aromatic rings. The maximum Gasteiger partial charge on any atom is 0.336 e. The van der Waals surface area contributed by atoms with Gasteiger partial charge in [0.2, 0.25) is 6.29 Å². The molecule has 0 fully saturated rings. The Morgan fingerprint density at radius 1 is 1.39 bits per heavy atom. The van der Waals surface area contributed by atoms with Crippen LogP contribution in [0, 0.1) is 0 Å². The van der Waals surface area contributed by atoms with Crippen molar-refractivity contribution in [3.63, 3.8) is 0 Å². The summed E-state index contributed by atoms with van der Waals surface area (Å²) in [5.74, 6) is -2.44. The zero-order valence-corrected chi connectivity index (χ0v) is 10.6. The molecule has 0 saturated carbocycles. The number of hydrogen-bond donors (Lipinski definition) is 1. The van der Waals surface area contributed by atoms with Crippen molar-refractivity contribution in [2.45, 2.75) is 19.6 Å². The van der Waals surface area contributed by atoms with E-state index in [0.717, 1.165) is 6.08 Å². The van der Waals surface area contributed by atoms with E-state index in [1.807, 2.05) is 0 Å². The van der Waals surface area contributed by atoms with E-state index in [-0.39, 0.29) is 5.57 Å². The van der Waals surface area contributed by atoms with Gasteiger partial charge in [0.25, 0.3) is 10.1 Å². The molecule has 0 heterocycles. The molecular weight excluding hydrogens is 264 g/mol. The van der Waals surface area contributed by atoms with Crippen molar-refractivity contribution in [3.8, 4) is 0 Å². The van der Waals surface area contributed by atoms with E-state index in [4.69, 9.17) is 4.55 Å². The highest BCUT2D eigenvalue weighted by Gasteiger charge is 2.20. The summed E-state index contributed by atoms with van der Waals surface area (Å²) in [4.78, 5) is 22.1. The van der Waals surface area contributed by atoms with Gasteiger partial charge in [-0.2, -0.15) is 8.42 Å². The van der Waals surface area contributed by atoms with Crippen LogP contribution in [0.4, 0.5) is 0 Å². The molecule has 0 saturated heterocycles. The molecule has 1 unspecified atom stereocenters. The van der Waals surface area contributed by atoms with Gasteiger partial charge in [0.05, 0.1) is 5.75 Å². The molecule has 0 aliphatic heterocycles. The highest BCUT2D eigenvalue weighted by atomic mass is 32.2. The topological polar surface area (TPSA) is 107 Å². The number of esters is 2. The Morgan fingerprint density at radius 2 is 1.94 bits per heavy atom. The quantitative estimate of drug-likeness (QED) is 0.311. The van der Waals surface area contributed by atoms with Gasteiger partial charge in [0, 0.05) is 18.1 Å². The van der Waals surface area contributed by atoms with Gasteiger partial charge < -0.3 is 9.47 Å². The molecule has 102 valence electrons. The van der Waals surface area contributed by atoms with E-state index in [2.05, 4.69) is 22.6 Å². The maximum atomic E-state index is 11.2. The van der Waals surface area contributed by atoms with E-state index in [9.17, 15) is 18.0 Å². The Kier molecular flexibility index (Phi) is 6.28. The number of carbonyl (C=O) groups is 2. The summed E-state index contributed by atoms with van der Waals surface area (Å²) < 4.78 is 38.9. The second kappa shape index (κ2) is 6.92. The molecule has 0 aliphatic rings. The molecule has 0 aliphatic carbocycles. The third-order valence-electron chi connectivity index (χ3n) is 1.61. The lowest BCUT2D eigenvalue weighted by molar-refractivity contribution is -0.181. The molecular formula is C10H14O7S. The molecule has 0 amide bonds. The van der Waals surface area contributed by atoms with Gasteiger partial charge in [0.1, 0.15) is 0 Å². The lowest BCUT2D eigenvalue weighted by Crippen LogP contribution is -2.26. The predicted octanol–water partition coefficient (Wildman–Crippen LogP) is 0.439. The fourth-order valence-electron chi connectivity index (χ4n) is 0.785. The van der Waals surface area contributed by atoms with E-state index in [1.165, 1.54) is 6.92 Å². The minimum atomic E-state index is -4.25. The molecule has 0 bridgehead atoms. The van der Waals surface area contributed by atoms with E-state index in [0.29, 0.717) is 0 Å². The van der Waals surface area contributed by atoms with Crippen LogP contribution in [0.15, 0.2) is 24.8 Å². The lowest BCUT2D eigenvalue weighted by Gasteiger charge is -2.16. The first-order valence-corrected chi connectivity index (χ1v) is 6.41. The third kappa shape index (κ3) is 7.58. The summed E-state index contributed by atoms with van der Waals surface area (Å²) in [5.41, 5.74) is 0.0570. The third-order valence-corrected chi connectivity index (χ3v) is 2.36. The molecule has 0 rings (SSSR count). The van der Waals surface area contributed by atoms with Gasteiger partial charge in [-0.05, 0) is 6.92 Å². The van der Waals surface area contributed by atoms with E-state index < -0.39 is 40.5 Å². The molecule has 7 nitrogen and oxygen atoms in total. The van der Waals surface area contributed by atoms with Gasteiger partial charge in [-0.15, -0.1) is 0 Å². The van der Waals surface area contributed by atoms with Gasteiger partial charge in [-0.3, -0.25) is 4.55 Å². The smallest absolute Gasteiger partial charge is 0.336 e. The zero-order chi connectivity index (χ0) is 14.3. The molecule has 8 heteroatoms. The van der Waals surface area contributed by atoms with E-state index >= 15 is 0 Å². The molecule has 0 spiro atoms. The van der Waals surface area contributed by atoms with Gasteiger partial charge >= 0.3 is 11.9 Å². The van der Waals surface area contributed by atoms with E-state index in [1.54, 1.807) is 0 Å². The van der Waals surface area contributed by atoms with Crippen LogP contribution in [-0.4, -0.2) is 37.0 Å². The number of ether oxygens (including phenoxy) is 2. The molecule has 1 N–H and O–H groups in total. The summed E-state index contributed by atoms with van der Waals surface area (Å²) in [6.45, 7) is 7.82. The lowest BCUT2D eigenvalue weighted by atomic mass is 10.3. The van der Waals surface area contributed by atoms with Crippen LogP contribution in [0.2, 0.25) is 0 Å². The average Bonchev–Trinajstić information content (AvgIpc) is 2.24. The monoisotopic (exact) mass is 278 g/mol. The first kappa shape index (κ1) is 16.3. The Balaban J connectivity index is 4.61. The second-order valence-corrected chi connectivity index (χ2v) is 4.90. The molecule has 0 radical (unpaired) electrons. The summed E-state index contributed by atoms with van der Waals surface area (Å²) in [7, 11) is -4.25. The minimum absolute atomic E-state index is 0.0570. The molecule has 0 aromatic heterocycles. The van der Waals surface area contributed by atoms with Crippen LogP contribution in [0.25, 0.3) is 0 Å². The average molecular weight is 278 g/mol. The standard InChI is InChI=1S/C10H14O7S/c1-4-8(11)16-9(5-6-18(13,14)15)17-10(12)7(2)3/h4,9H,1-2,5-6H2,3H3,(H,13,14,15). The maximum absolute atomic E-state index is 11.2. The van der Waals surface area contributed by atoms with Crippen molar-refractivity contribution in [2.75, 3.05) is 5.75 Å². The van der Waals surface area contributed by atoms with Crippen molar-refractivity contribution in [3.05, 3.63) is 24.8 Å². The van der Waals surface area contributed by atoms with Crippen LogP contribution in [0.5, 0.6) is 0 Å². The highest BCUT2D eigenvalue weighted by Crippen LogP contribution is 2.07. The van der Waals surface area contributed by atoms with Gasteiger partial charge in [0.15, 0.2) is 0 Å². The normalized spacial score (nSPS) is 12.3. The molecule has 18 heavy (non-hydrogen) atoms. The van der Waals surface area contributed by atoms with Gasteiger partial charge in [-0.25, -0.2) is 9.59 Å². The number of hydrogen-bond acceptors (Lipinski definition) is 6. The fraction of sp³-hybridized carbons (Fsp3) is 0.400. The van der Waals surface area contributed by atoms with Crippen LogP contribution >= 0.6 is 0 Å². The highest BCUT2D eigenvalue weighted by molar-refractivity contribution is 7.85. The number of carbonyl (C=O) groups excluding carboxylic acids is 2. The van der Waals surface area contributed by atoms with Crippen LogP contribution in [0.3, 0.4) is 0 Å². The minimum Gasteiger partial charge on any atom is -0.422 e. The van der Waals surface area contributed by atoms with Gasteiger partial charge in [-0.1, -0.05) is 13.2 Å². The number of rotatable bonds is 7. The first-order valence-electron chi connectivity index (χ1n) is 4.80. The van der Waals surface area contributed by atoms with Crippen molar-refractivity contribution in [1.29, 1.82) is 0 Å². The van der Waals surface area contributed by atoms with Crippen LogP contribution in [-0.2, 0) is 29.2 Å². The fourth-order valence-corrected chi connectivity index (χ4v) is 1.28. The van der Waals surface area contributed by atoms with Crippen molar-refractivity contribution >= 4 is 22.1 Å². The largest absolute Gasteiger partial charge is 0.422 e. The summed E-state index contributed by atoms with van der Waals surface area (Å²) in [6.07, 6.45) is -0.992. The van der Waals surface area contributed by atoms with Crippen molar-refractivity contribution < 1.29 is 32.0 Å². The van der Waals surface area contributed by atoms with Crippen molar-refractivity contribution in [1.82, 2.24) is 0 Å². The zero-order valence-electron chi connectivity index (χ0n) is 9.79. The Hall–Kier alpha value is -1.67. The van der Waals surface area contributed by atoms with Crippen molar-refractivity contribution in [2.24, 2.45) is 0 Å². The molecule has 1 atom stereocenters. The Bertz CT molecular complexity index is 449. The van der Waals surface area contributed by atoms with Crippen LogP contribution < -0.4 is 0 Å².